The van der Waals surface area contributed by atoms with Crippen molar-refractivity contribution in [3.8, 4) is 11.4 Å². The molecule has 0 aliphatic rings. The number of nitrogens with one attached hydrogen (secondary N) is 2. The summed E-state index contributed by atoms with van der Waals surface area (Å²) in [5.41, 5.74) is 1.75. The van der Waals surface area contributed by atoms with Gasteiger partial charge in [-0.05, 0) is 39.1 Å². The van der Waals surface area contributed by atoms with Gasteiger partial charge in [-0.1, -0.05) is 12.1 Å². The number of aromatic nitrogens is 2. The van der Waals surface area contributed by atoms with Gasteiger partial charge in [0.15, 0.2) is 0 Å². The number of halogens is 1. The maximum Gasteiger partial charge on any atom is 0.254 e. The molecule has 1 heterocycles. The summed E-state index contributed by atoms with van der Waals surface area (Å²) >= 11 is 0. The lowest BCUT2D eigenvalue weighted by Gasteiger charge is -2.07. The second-order valence-corrected chi connectivity index (χ2v) is 4.34. The number of benzene rings is 1. The third kappa shape index (κ3) is 3.06. The minimum absolute atomic E-state index is 0.165. The van der Waals surface area contributed by atoms with E-state index in [-0.39, 0.29) is 11.4 Å². The maximum atomic E-state index is 13.2. The average molecular weight is 261 g/mol. The van der Waals surface area contributed by atoms with Crippen LogP contribution >= 0.6 is 0 Å². The van der Waals surface area contributed by atoms with E-state index in [0.717, 1.165) is 0 Å². The van der Waals surface area contributed by atoms with Crippen molar-refractivity contribution in [1.82, 2.24) is 15.3 Å². The molecule has 19 heavy (non-hydrogen) atoms. The Morgan fingerprint density at radius 2 is 2.21 bits per heavy atom. The maximum absolute atomic E-state index is 13.2. The molecular weight excluding hydrogens is 245 g/mol. The van der Waals surface area contributed by atoms with Gasteiger partial charge >= 0.3 is 0 Å². The summed E-state index contributed by atoms with van der Waals surface area (Å²) in [6.07, 6.45) is 0.619. The molecule has 0 atom stereocenters. The summed E-state index contributed by atoms with van der Waals surface area (Å²) in [6.45, 7) is 2.51. The van der Waals surface area contributed by atoms with E-state index < -0.39 is 0 Å². The van der Waals surface area contributed by atoms with E-state index in [1.54, 1.807) is 19.1 Å². The summed E-state index contributed by atoms with van der Waals surface area (Å²) in [7, 11) is 1.83. The fourth-order valence-electron chi connectivity index (χ4n) is 1.93. The van der Waals surface area contributed by atoms with Gasteiger partial charge in [-0.2, -0.15) is 0 Å². The lowest BCUT2D eigenvalue weighted by Crippen LogP contribution is -2.21. The summed E-state index contributed by atoms with van der Waals surface area (Å²) < 4.78 is 13.2. The predicted octanol–water partition coefficient (Wildman–Crippen LogP) is 1.65. The van der Waals surface area contributed by atoms with E-state index in [2.05, 4.69) is 15.3 Å². The molecule has 5 heteroatoms. The van der Waals surface area contributed by atoms with Crippen molar-refractivity contribution in [2.45, 2.75) is 13.3 Å². The van der Waals surface area contributed by atoms with Gasteiger partial charge < -0.3 is 10.3 Å². The van der Waals surface area contributed by atoms with Crippen LogP contribution in [0.1, 0.15) is 11.3 Å². The number of aryl methyl sites for hydroxylation is 1. The van der Waals surface area contributed by atoms with Crippen LogP contribution < -0.4 is 10.9 Å². The predicted molar refractivity (Wildman–Crippen MR) is 72.6 cm³/mol. The summed E-state index contributed by atoms with van der Waals surface area (Å²) in [5.74, 6) is 0.0484. The van der Waals surface area contributed by atoms with E-state index in [0.29, 0.717) is 35.6 Å². The van der Waals surface area contributed by atoms with Crippen LogP contribution in [0.2, 0.25) is 0 Å². The third-order valence-corrected chi connectivity index (χ3v) is 2.95. The van der Waals surface area contributed by atoms with Crippen molar-refractivity contribution in [1.29, 1.82) is 0 Å². The van der Waals surface area contributed by atoms with Crippen LogP contribution in [0, 0.1) is 12.7 Å². The van der Waals surface area contributed by atoms with Crippen molar-refractivity contribution >= 4 is 0 Å². The normalized spacial score (nSPS) is 10.7. The molecule has 100 valence electrons. The number of hydrogen-bond donors (Lipinski definition) is 2. The standard InChI is InChI=1S/C14H16FN3O/c1-9-12(6-7-16-2)14(19)18-13(17-9)10-4-3-5-11(15)8-10/h3-5,8,16H,6-7H2,1-2H3,(H,17,18,19). The Morgan fingerprint density at radius 3 is 2.84 bits per heavy atom. The van der Waals surface area contributed by atoms with Gasteiger partial charge in [-0.25, -0.2) is 9.37 Å². The summed E-state index contributed by atoms with van der Waals surface area (Å²) in [6, 6.07) is 6.02. The van der Waals surface area contributed by atoms with Crippen LogP contribution in [0.4, 0.5) is 4.39 Å². The Balaban J connectivity index is 2.42. The minimum atomic E-state index is -0.350. The monoisotopic (exact) mass is 261 g/mol. The summed E-state index contributed by atoms with van der Waals surface area (Å²) in [4.78, 5) is 19.1. The fraction of sp³-hybridized carbons (Fsp3) is 0.286. The first kappa shape index (κ1) is 13.4. The molecule has 2 N–H and O–H groups in total. The van der Waals surface area contributed by atoms with E-state index >= 15 is 0 Å². The Hall–Kier alpha value is -2.01. The fourth-order valence-corrected chi connectivity index (χ4v) is 1.93. The molecule has 4 nitrogen and oxygen atoms in total. The molecule has 0 spiro atoms. The van der Waals surface area contributed by atoms with Crippen LogP contribution in [0.3, 0.4) is 0 Å². The first-order valence-corrected chi connectivity index (χ1v) is 6.12. The van der Waals surface area contributed by atoms with Crippen LogP contribution in [0.15, 0.2) is 29.1 Å². The highest BCUT2D eigenvalue weighted by atomic mass is 19.1. The first-order valence-electron chi connectivity index (χ1n) is 6.12. The molecule has 1 aromatic carbocycles. The van der Waals surface area contributed by atoms with Crippen LogP contribution in [0.5, 0.6) is 0 Å². The number of likely N-dealkylation sites (N-methyl/N-ethyl adjacent to an activating group) is 1. The van der Waals surface area contributed by atoms with Gasteiger partial charge in [0, 0.05) is 16.8 Å². The molecule has 0 radical (unpaired) electrons. The molecule has 2 aromatic rings. The van der Waals surface area contributed by atoms with Crippen molar-refractivity contribution < 1.29 is 4.39 Å². The molecule has 0 fully saturated rings. The molecule has 0 saturated carbocycles. The molecule has 1 aromatic heterocycles. The largest absolute Gasteiger partial charge is 0.319 e. The highest BCUT2D eigenvalue weighted by molar-refractivity contribution is 5.54. The van der Waals surface area contributed by atoms with Crippen LogP contribution in [0.25, 0.3) is 11.4 Å². The highest BCUT2D eigenvalue weighted by Crippen LogP contribution is 2.15. The van der Waals surface area contributed by atoms with E-state index in [4.69, 9.17) is 0 Å². The number of nitrogens with zero attached hydrogens (tertiary/aromatic N) is 1. The van der Waals surface area contributed by atoms with Gasteiger partial charge in [0.25, 0.3) is 5.56 Å². The molecular formula is C14H16FN3O. The van der Waals surface area contributed by atoms with Crippen molar-refractivity contribution in [3.63, 3.8) is 0 Å². The smallest absolute Gasteiger partial charge is 0.254 e. The van der Waals surface area contributed by atoms with Gasteiger partial charge in [-0.15, -0.1) is 0 Å². The van der Waals surface area contributed by atoms with Crippen LogP contribution in [-0.2, 0) is 6.42 Å². The molecule has 2 rings (SSSR count). The van der Waals surface area contributed by atoms with Crippen molar-refractivity contribution in [2.75, 3.05) is 13.6 Å². The third-order valence-electron chi connectivity index (χ3n) is 2.95. The molecule has 0 aliphatic heterocycles. The lowest BCUT2D eigenvalue weighted by atomic mass is 10.1. The van der Waals surface area contributed by atoms with Crippen molar-refractivity contribution in [3.05, 3.63) is 51.7 Å². The Labute approximate surface area is 110 Å². The SMILES string of the molecule is CNCCc1c(C)nc(-c2cccc(F)c2)[nH]c1=O. The van der Waals surface area contributed by atoms with Gasteiger partial charge in [0.2, 0.25) is 0 Å². The zero-order chi connectivity index (χ0) is 13.8. The topological polar surface area (TPSA) is 57.8 Å². The zero-order valence-electron chi connectivity index (χ0n) is 11.0. The minimum Gasteiger partial charge on any atom is -0.319 e. The molecule has 0 saturated heterocycles. The van der Waals surface area contributed by atoms with E-state index in [9.17, 15) is 9.18 Å². The number of aromatic amines is 1. The van der Waals surface area contributed by atoms with Gasteiger partial charge in [-0.3, -0.25) is 4.79 Å². The number of hydrogen-bond acceptors (Lipinski definition) is 3. The lowest BCUT2D eigenvalue weighted by molar-refractivity contribution is 0.628. The Bertz CT molecular complexity index is 637. The zero-order valence-corrected chi connectivity index (χ0v) is 11.0. The van der Waals surface area contributed by atoms with Crippen LogP contribution in [-0.4, -0.2) is 23.6 Å². The average Bonchev–Trinajstić information content (AvgIpc) is 2.37. The van der Waals surface area contributed by atoms with Gasteiger partial charge in [0.05, 0.1) is 0 Å². The van der Waals surface area contributed by atoms with E-state index in [1.165, 1.54) is 12.1 Å². The van der Waals surface area contributed by atoms with E-state index in [1.807, 2.05) is 7.05 Å². The molecule has 0 unspecified atom stereocenters. The first-order chi connectivity index (χ1) is 9.11. The summed E-state index contributed by atoms with van der Waals surface area (Å²) in [5, 5.41) is 2.99. The second kappa shape index (κ2) is 5.75. The number of rotatable bonds is 4. The Morgan fingerprint density at radius 1 is 1.42 bits per heavy atom. The Kier molecular flexibility index (Phi) is 4.06. The quantitative estimate of drug-likeness (QED) is 0.879. The van der Waals surface area contributed by atoms with Gasteiger partial charge in [0.1, 0.15) is 11.6 Å². The molecule has 0 bridgehead atoms. The second-order valence-electron chi connectivity index (χ2n) is 4.34. The van der Waals surface area contributed by atoms with Crippen molar-refractivity contribution in [2.24, 2.45) is 0 Å². The molecule has 0 amide bonds. The number of H-pyrrole nitrogens is 1. The molecule has 0 aliphatic carbocycles. The highest BCUT2D eigenvalue weighted by Gasteiger charge is 2.09.